The first kappa shape index (κ1) is 32.5. The van der Waals surface area contributed by atoms with Crippen LogP contribution in [-0.2, 0) is 28.3 Å². The molecule has 1 aliphatic carbocycles. The summed E-state index contributed by atoms with van der Waals surface area (Å²) >= 11 is 0. The standard InChI is InChI=1S/C27H28F6N2O5.ClH/c1-2-39-22(25(37)38)9-15-3-5-19(6-4-15)40-8-7-34-23-20-13-35(14-21(20)23)24(36)16-10-17(26(28,29)30)12-18(11-16)27(31,32)33;/h3-6,10-12,20-23,34H,2,7-9,13-14H2,1H3,(H,37,38);1H/t20-,21+,22-,23+;/m0./s1. The average Bonchev–Trinajstić information content (AvgIpc) is 3.32. The number of nitrogens with zero attached hydrogens (tertiary/aromatic N) is 1. The van der Waals surface area contributed by atoms with E-state index in [0.29, 0.717) is 37.6 Å². The largest absolute Gasteiger partial charge is 0.492 e. The zero-order chi connectivity index (χ0) is 29.2. The molecule has 1 amide bonds. The molecule has 0 radical (unpaired) electrons. The number of alkyl halides is 6. The molecule has 4 atom stereocenters. The fraction of sp³-hybridized carbons (Fsp3) is 0.481. The molecule has 4 rings (SSSR count). The summed E-state index contributed by atoms with van der Waals surface area (Å²) in [4.78, 5) is 25.3. The van der Waals surface area contributed by atoms with Gasteiger partial charge in [-0.15, -0.1) is 12.4 Å². The Bertz CT molecular complexity index is 1180. The van der Waals surface area contributed by atoms with Crippen molar-refractivity contribution in [1.29, 1.82) is 0 Å². The highest BCUT2D eigenvalue weighted by molar-refractivity contribution is 5.95. The van der Waals surface area contributed by atoms with Gasteiger partial charge in [0.15, 0.2) is 6.10 Å². The lowest BCUT2D eigenvalue weighted by molar-refractivity contribution is -0.150. The average molecular weight is 611 g/mol. The molecule has 1 aliphatic heterocycles. The highest BCUT2D eigenvalue weighted by atomic mass is 35.5. The second-order valence-corrected chi connectivity index (χ2v) is 9.79. The molecule has 7 nitrogen and oxygen atoms in total. The molecule has 0 unspecified atom stereocenters. The van der Waals surface area contributed by atoms with E-state index >= 15 is 0 Å². The molecule has 0 bridgehead atoms. The lowest BCUT2D eigenvalue weighted by atomic mass is 10.0. The van der Waals surface area contributed by atoms with Gasteiger partial charge in [-0.1, -0.05) is 12.1 Å². The van der Waals surface area contributed by atoms with Crippen molar-refractivity contribution >= 4 is 24.3 Å². The van der Waals surface area contributed by atoms with Crippen LogP contribution in [0.2, 0.25) is 0 Å². The van der Waals surface area contributed by atoms with Crippen molar-refractivity contribution < 1.29 is 50.5 Å². The number of amides is 1. The Balaban J connectivity index is 0.00000462. The molecule has 0 aromatic heterocycles. The number of ether oxygens (including phenoxy) is 2. The molecule has 1 saturated heterocycles. The van der Waals surface area contributed by atoms with E-state index < -0.39 is 47.0 Å². The number of carboxylic acids is 1. The molecule has 2 N–H and O–H groups in total. The molecular formula is C27H29ClF6N2O5. The first-order chi connectivity index (χ1) is 18.8. The summed E-state index contributed by atoms with van der Waals surface area (Å²) in [6.07, 6.45) is -10.7. The van der Waals surface area contributed by atoms with Gasteiger partial charge < -0.3 is 24.8 Å². The smallest absolute Gasteiger partial charge is 0.416 e. The summed E-state index contributed by atoms with van der Waals surface area (Å²) in [5.41, 5.74) is -2.88. The minimum Gasteiger partial charge on any atom is -0.492 e. The van der Waals surface area contributed by atoms with Crippen LogP contribution < -0.4 is 10.1 Å². The number of carboxylic acid groups (broad SMARTS) is 1. The summed E-state index contributed by atoms with van der Waals surface area (Å²) in [5, 5.41) is 12.5. The number of halogens is 7. The fourth-order valence-corrected chi connectivity index (χ4v) is 5.00. The van der Waals surface area contributed by atoms with Crippen LogP contribution >= 0.6 is 12.4 Å². The van der Waals surface area contributed by atoms with Crippen LogP contribution in [0, 0.1) is 11.8 Å². The first-order valence-corrected chi connectivity index (χ1v) is 12.7. The molecule has 1 saturated carbocycles. The summed E-state index contributed by atoms with van der Waals surface area (Å²) in [5.74, 6) is -1.17. The maximum Gasteiger partial charge on any atom is 0.416 e. The monoisotopic (exact) mass is 610 g/mol. The number of rotatable bonds is 11. The summed E-state index contributed by atoms with van der Waals surface area (Å²) in [7, 11) is 0. The number of benzene rings is 2. The van der Waals surface area contributed by atoms with Crippen molar-refractivity contribution in [2.45, 2.75) is 37.8 Å². The van der Waals surface area contributed by atoms with Gasteiger partial charge in [-0.3, -0.25) is 4.79 Å². The molecule has 0 spiro atoms. The number of carbonyl (C=O) groups is 2. The Morgan fingerprint density at radius 3 is 2.05 bits per heavy atom. The number of carbonyl (C=O) groups excluding carboxylic acids is 1. The van der Waals surface area contributed by atoms with E-state index in [1.165, 1.54) is 4.90 Å². The highest BCUT2D eigenvalue weighted by Crippen LogP contribution is 2.46. The van der Waals surface area contributed by atoms with Crippen molar-refractivity contribution in [3.8, 4) is 5.75 Å². The van der Waals surface area contributed by atoms with Crippen LogP contribution in [0.1, 0.15) is 34.0 Å². The zero-order valence-corrected chi connectivity index (χ0v) is 22.6. The topological polar surface area (TPSA) is 88.1 Å². The van der Waals surface area contributed by atoms with Crippen molar-refractivity contribution in [1.82, 2.24) is 10.2 Å². The second-order valence-electron chi connectivity index (χ2n) is 9.79. The summed E-state index contributed by atoms with van der Waals surface area (Å²) in [6.45, 7) is 3.31. The number of aliphatic carboxylic acids is 1. The van der Waals surface area contributed by atoms with E-state index in [1.54, 1.807) is 31.2 Å². The van der Waals surface area contributed by atoms with Crippen LogP contribution in [0.4, 0.5) is 26.3 Å². The van der Waals surface area contributed by atoms with E-state index in [4.69, 9.17) is 9.47 Å². The quantitative estimate of drug-likeness (QED) is 0.278. The van der Waals surface area contributed by atoms with E-state index in [-0.39, 0.29) is 55.9 Å². The van der Waals surface area contributed by atoms with Gasteiger partial charge in [0.05, 0.1) is 11.1 Å². The Morgan fingerprint density at radius 2 is 1.56 bits per heavy atom. The maximum atomic E-state index is 13.1. The van der Waals surface area contributed by atoms with Crippen molar-refractivity contribution in [2.75, 3.05) is 32.8 Å². The minimum absolute atomic E-state index is 0. The van der Waals surface area contributed by atoms with E-state index in [2.05, 4.69) is 5.32 Å². The zero-order valence-electron chi connectivity index (χ0n) is 21.8. The van der Waals surface area contributed by atoms with Crippen molar-refractivity contribution in [3.63, 3.8) is 0 Å². The van der Waals surface area contributed by atoms with Gasteiger partial charge in [-0.2, -0.15) is 26.3 Å². The third-order valence-electron chi connectivity index (χ3n) is 7.05. The maximum absolute atomic E-state index is 13.1. The van der Waals surface area contributed by atoms with Crippen molar-refractivity contribution in [3.05, 3.63) is 64.7 Å². The number of nitrogens with one attached hydrogen (secondary N) is 1. The number of hydrogen-bond donors (Lipinski definition) is 2. The first-order valence-electron chi connectivity index (χ1n) is 12.7. The van der Waals surface area contributed by atoms with Crippen LogP contribution in [0.5, 0.6) is 5.75 Å². The van der Waals surface area contributed by atoms with Crippen LogP contribution in [0.3, 0.4) is 0 Å². The molecular weight excluding hydrogens is 582 g/mol. The molecule has 2 aromatic carbocycles. The van der Waals surface area contributed by atoms with Gasteiger partial charge in [0.2, 0.25) is 0 Å². The minimum atomic E-state index is -5.02. The van der Waals surface area contributed by atoms with Crippen LogP contribution in [-0.4, -0.2) is 66.9 Å². The van der Waals surface area contributed by atoms with Gasteiger partial charge >= 0.3 is 18.3 Å². The summed E-state index contributed by atoms with van der Waals surface area (Å²) < 4.78 is 89.7. The third-order valence-corrected chi connectivity index (χ3v) is 7.05. The predicted octanol–water partition coefficient (Wildman–Crippen LogP) is 4.92. The number of likely N-dealkylation sites (tertiary alicyclic amines) is 1. The molecule has 2 aromatic rings. The van der Waals surface area contributed by atoms with E-state index in [9.17, 15) is 41.0 Å². The second kappa shape index (κ2) is 12.9. The molecule has 1 heterocycles. The SMILES string of the molecule is CCO[C@@H](Cc1ccc(OCCN[C@H]2[C@@H]3CN(C(=O)c4cc(C(F)(F)F)cc(C(F)(F)F)c4)C[C@@H]32)cc1)C(=O)O.Cl. The number of fused-ring (bicyclic) bond motifs is 1. The normalized spacial score (nSPS) is 20.7. The highest BCUT2D eigenvalue weighted by Gasteiger charge is 2.56. The van der Waals surface area contributed by atoms with E-state index in [1.807, 2.05) is 0 Å². The Hall–Kier alpha value is -3.03. The van der Waals surface area contributed by atoms with Gasteiger partial charge in [0.1, 0.15) is 12.4 Å². The van der Waals surface area contributed by atoms with E-state index in [0.717, 1.165) is 5.56 Å². The molecule has 226 valence electrons. The molecule has 14 heteroatoms. The lowest BCUT2D eigenvalue weighted by Gasteiger charge is -2.22. The van der Waals surface area contributed by atoms with Crippen LogP contribution in [0.25, 0.3) is 0 Å². The summed E-state index contributed by atoms with van der Waals surface area (Å²) in [6, 6.07) is 7.99. The Labute approximate surface area is 238 Å². The number of piperidine rings is 1. The van der Waals surface area contributed by atoms with Crippen molar-refractivity contribution in [2.24, 2.45) is 11.8 Å². The molecule has 41 heavy (non-hydrogen) atoms. The lowest BCUT2D eigenvalue weighted by Crippen LogP contribution is -2.36. The van der Waals surface area contributed by atoms with Gasteiger partial charge in [-0.25, -0.2) is 4.79 Å². The predicted molar refractivity (Wildman–Crippen MR) is 137 cm³/mol. The number of hydrogen-bond acceptors (Lipinski definition) is 5. The molecule has 2 aliphatic rings. The fourth-order valence-electron chi connectivity index (χ4n) is 5.00. The molecule has 2 fully saturated rings. The van der Waals surface area contributed by atoms with Gasteiger partial charge in [-0.05, 0) is 54.7 Å². The van der Waals surface area contributed by atoms with Crippen LogP contribution in [0.15, 0.2) is 42.5 Å². The van der Waals surface area contributed by atoms with Gasteiger partial charge in [0, 0.05) is 44.3 Å². The Morgan fingerprint density at radius 1 is 1.00 bits per heavy atom. The van der Waals surface area contributed by atoms with Gasteiger partial charge in [0.25, 0.3) is 5.91 Å². The Kier molecular flexibility index (Phi) is 10.2. The third kappa shape index (κ3) is 8.04.